The number of hydrogen-bond acceptors (Lipinski definition) is 4. The minimum absolute atomic E-state index is 0.0536. The van der Waals surface area contributed by atoms with E-state index in [2.05, 4.69) is 14.9 Å². The van der Waals surface area contributed by atoms with Gasteiger partial charge in [-0.25, -0.2) is 4.98 Å². The lowest BCUT2D eigenvalue weighted by Gasteiger charge is -2.24. The number of methoxy groups -OCH3 is 1. The molecule has 1 amide bonds. The van der Waals surface area contributed by atoms with Crippen molar-refractivity contribution in [2.24, 2.45) is 0 Å². The Bertz CT molecular complexity index is 632. The van der Waals surface area contributed by atoms with Crippen LogP contribution in [0.25, 0.3) is 0 Å². The summed E-state index contributed by atoms with van der Waals surface area (Å²) in [5, 5.41) is 4.96. The number of aryl methyl sites for hydroxylation is 2. The molecule has 3 rings (SSSR count). The molecule has 0 radical (unpaired) electrons. The van der Waals surface area contributed by atoms with Gasteiger partial charge in [0, 0.05) is 25.2 Å². The monoisotopic (exact) mass is 291 g/mol. The lowest BCUT2D eigenvalue weighted by atomic mass is 10.1. The third-order valence-electron chi connectivity index (χ3n) is 3.50. The molecule has 0 aliphatic carbocycles. The summed E-state index contributed by atoms with van der Waals surface area (Å²) in [5.74, 6) is 1.70. The Balaban J connectivity index is 1.69. The van der Waals surface area contributed by atoms with Crippen LogP contribution >= 0.6 is 11.3 Å². The van der Waals surface area contributed by atoms with Gasteiger partial charge in [0.2, 0.25) is 0 Å². The molecule has 106 valence electrons. The number of carbonyl (C=O) groups is 1. The molecule has 3 heterocycles. The van der Waals surface area contributed by atoms with Gasteiger partial charge in [0.25, 0.3) is 5.91 Å². The summed E-state index contributed by atoms with van der Waals surface area (Å²) in [4.78, 5) is 17.4. The molecule has 5 nitrogen and oxygen atoms in total. The van der Waals surface area contributed by atoms with Gasteiger partial charge in [0.15, 0.2) is 0 Å². The normalized spacial score (nSPS) is 17.6. The maximum Gasteiger partial charge on any atom is 0.265 e. The minimum Gasteiger partial charge on any atom is -0.495 e. The largest absolute Gasteiger partial charge is 0.495 e. The van der Waals surface area contributed by atoms with Gasteiger partial charge in [-0.3, -0.25) is 4.79 Å². The molecule has 0 bridgehead atoms. The molecule has 0 fully saturated rings. The van der Waals surface area contributed by atoms with Crippen LogP contribution in [0.5, 0.6) is 5.75 Å². The zero-order valence-electron chi connectivity index (χ0n) is 11.5. The molecular formula is C14H17N3O2S. The molecule has 0 saturated carbocycles. The van der Waals surface area contributed by atoms with Crippen LogP contribution in [0.2, 0.25) is 0 Å². The van der Waals surface area contributed by atoms with Crippen LogP contribution in [0.4, 0.5) is 0 Å². The van der Waals surface area contributed by atoms with Gasteiger partial charge in [0.05, 0.1) is 12.8 Å². The molecule has 2 aromatic heterocycles. The van der Waals surface area contributed by atoms with Crippen molar-refractivity contribution in [2.45, 2.75) is 32.4 Å². The van der Waals surface area contributed by atoms with Crippen LogP contribution in [0, 0.1) is 6.92 Å². The third kappa shape index (κ3) is 2.43. The molecule has 6 heteroatoms. The lowest BCUT2D eigenvalue weighted by Crippen LogP contribution is -2.40. The van der Waals surface area contributed by atoms with Crippen molar-refractivity contribution >= 4 is 17.2 Å². The van der Waals surface area contributed by atoms with Crippen molar-refractivity contribution in [2.75, 3.05) is 7.11 Å². The number of rotatable bonds is 3. The van der Waals surface area contributed by atoms with Gasteiger partial charge in [-0.15, -0.1) is 11.3 Å². The second-order valence-electron chi connectivity index (χ2n) is 4.98. The highest BCUT2D eigenvalue weighted by atomic mass is 32.1. The fourth-order valence-corrected chi connectivity index (χ4v) is 3.34. The minimum atomic E-state index is -0.0536. The maximum atomic E-state index is 12.3. The van der Waals surface area contributed by atoms with E-state index in [1.54, 1.807) is 7.11 Å². The lowest BCUT2D eigenvalue weighted by molar-refractivity contribution is 0.0929. The highest BCUT2D eigenvalue weighted by Crippen LogP contribution is 2.24. The topological polar surface area (TPSA) is 56.1 Å². The molecule has 1 aliphatic rings. The first-order chi connectivity index (χ1) is 9.67. The van der Waals surface area contributed by atoms with Crippen LogP contribution in [-0.2, 0) is 13.0 Å². The van der Waals surface area contributed by atoms with Gasteiger partial charge in [-0.05, 0) is 24.8 Å². The van der Waals surface area contributed by atoms with E-state index in [0.717, 1.165) is 30.9 Å². The Morgan fingerprint density at radius 2 is 2.45 bits per heavy atom. The number of nitrogens with one attached hydrogen (secondary N) is 1. The first-order valence-electron chi connectivity index (χ1n) is 6.62. The van der Waals surface area contributed by atoms with E-state index in [-0.39, 0.29) is 11.9 Å². The number of nitrogens with zero attached hydrogens (tertiary/aromatic N) is 2. The van der Waals surface area contributed by atoms with Crippen molar-refractivity contribution in [3.8, 4) is 5.75 Å². The van der Waals surface area contributed by atoms with Crippen molar-refractivity contribution in [3.05, 3.63) is 34.0 Å². The van der Waals surface area contributed by atoms with Crippen LogP contribution in [0.1, 0.15) is 27.6 Å². The van der Waals surface area contributed by atoms with Gasteiger partial charge >= 0.3 is 0 Å². The highest BCUT2D eigenvalue weighted by molar-refractivity contribution is 7.12. The Labute approximate surface area is 121 Å². The Morgan fingerprint density at radius 1 is 1.60 bits per heavy atom. The van der Waals surface area contributed by atoms with Gasteiger partial charge < -0.3 is 14.6 Å². The number of ether oxygens (including phenoxy) is 1. The number of hydrogen-bond donors (Lipinski definition) is 1. The van der Waals surface area contributed by atoms with E-state index in [1.165, 1.54) is 11.3 Å². The average molecular weight is 291 g/mol. The molecule has 1 atom stereocenters. The van der Waals surface area contributed by atoms with Crippen LogP contribution in [0.3, 0.4) is 0 Å². The summed E-state index contributed by atoms with van der Waals surface area (Å²) < 4.78 is 7.32. The third-order valence-corrected chi connectivity index (χ3v) is 4.40. The van der Waals surface area contributed by atoms with Gasteiger partial charge in [0.1, 0.15) is 16.5 Å². The van der Waals surface area contributed by atoms with E-state index in [1.807, 2.05) is 24.6 Å². The first kappa shape index (κ1) is 13.2. The number of carbonyl (C=O) groups excluding carboxylic acids is 1. The summed E-state index contributed by atoms with van der Waals surface area (Å²) in [6.45, 7) is 2.78. The number of aromatic nitrogens is 2. The number of amides is 1. The zero-order chi connectivity index (χ0) is 14.1. The van der Waals surface area contributed by atoms with E-state index in [4.69, 9.17) is 4.74 Å². The standard InChI is InChI=1S/C14H17N3O2S/c1-9-7-17-8-10(3-4-12(17)15-9)16-14(18)13-11(19-2)5-6-20-13/h5-7,10H,3-4,8H2,1-2H3,(H,16,18)/t10-/m1/s1. The Morgan fingerprint density at radius 3 is 3.25 bits per heavy atom. The van der Waals surface area contributed by atoms with E-state index in [9.17, 15) is 4.79 Å². The first-order valence-corrected chi connectivity index (χ1v) is 7.50. The zero-order valence-corrected chi connectivity index (χ0v) is 12.4. The molecule has 1 N–H and O–H groups in total. The van der Waals surface area contributed by atoms with Crippen molar-refractivity contribution in [1.82, 2.24) is 14.9 Å². The van der Waals surface area contributed by atoms with Crippen molar-refractivity contribution in [1.29, 1.82) is 0 Å². The smallest absolute Gasteiger partial charge is 0.265 e. The highest BCUT2D eigenvalue weighted by Gasteiger charge is 2.23. The van der Waals surface area contributed by atoms with Gasteiger partial charge in [-0.2, -0.15) is 0 Å². The van der Waals surface area contributed by atoms with Crippen molar-refractivity contribution < 1.29 is 9.53 Å². The van der Waals surface area contributed by atoms with E-state index in [0.29, 0.717) is 10.6 Å². The fourth-order valence-electron chi connectivity index (χ4n) is 2.58. The second kappa shape index (κ2) is 5.28. The fraction of sp³-hybridized carbons (Fsp3) is 0.429. The molecule has 0 unspecified atom stereocenters. The van der Waals surface area contributed by atoms with E-state index < -0.39 is 0 Å². The number of thiophene rings is 1. The average Bonchev–Trinajstić information content (AvgIpc) is 3.02. The van der Waals surface area contributed by atoms with Gasteiger partial charge in [-0.1, -0.05) is 0 Å². The molecule has 20 heavy (non-hydrogen) atoms. The number of fused-ring (bicyclic) bond motifs is 1. The Kier molecular flexibility index (Phi) is 3.48. The summed E-state index contributed by atoms with van der Waals surface area (Å²) in [5.41, 5.74) is 1.03. The summed E-state index contributed by atoms with van der Waals surface area (Å²) >= 11 is 1.40. The molecule has 2 aromatic rings. The Hall–Kier alpha value is -1.82. The SMILES string of the molecule is COc1ccsc1C(=O)N[C@@H]1CCc2nc(C)cn2C1. The quantitative estimate of drug-likeness (QED) is 0.941. The maximum absolute atomic E-state index is 12.3. The summed E-state index contributed by atoms with van der Waals surface area (Å²) in [7, 11) is 1.58. The predicted molar refractivity (Wildman–Crippen MR) is 77.4 cm³/mol. The predicted octanol–water partition coefficient (Wildman–Crippen LogP) is 2.01. The molecule has 0 spiro atoms. The molecule has 1 aliphatic heterocycles. The molecule has 0 saturated heterocycles. The number of imidazole rings is 1. The van der Waals surface area contributed by atoms with Crippen molar-refractivity contribution in [3.63, 3.8) is 0 Å². The second-order valence-corrected chi connectivity index (χ2v) is 5.89. The molecule has 0 aromatic carbocycles. The van der Waals surface area contributed by atoms with E-state index >= 15 is 0 Å². The summed E-state index contributed by atoms with van der Waals surface area (Å²) in [6, 6.07) is 1.97. The summed E-state index contributed by atoms with van der Waals surface area (Å²) in [6.07, 6.45) is 3.87. The van der Waals surface area contributed by atoms with Crippen LogP contribution in [0.15, 0.2) is 17.6 Å². The van der Waals surface area contributed by atoms with Crippen LogP contribution in [-0.4, -0.2) is 28.6 Å². The van der Waals surface area contributed by atoms with Crippen LogP contribution < -0.4 is 10.1 Å². The molecular weight excluding hydrogens is 274 g/mol.